The van der Waals surface area contributed by atoms with Gasteiger partial charge >= 0.3 is 0 Å². The second-order valence-corrected chi connectivity index (χ2v) is 4.58. The molecule has 0 saturated carbocycles. The molecule has 3 rings (SSSR count). The Morgan fingerprint density at radius 3 is 2.94 bits per heavy atom. The topological polar surface area (TPSA) is 29.9 Å². The van der Waals surface area contributed by atoms with E-state index in [4.69, 9.17) is 0 Å². The fraction of sp³-hybridized carbons (Fsp3) is 0.462. The van der Waals surface area contributed by atoms with Crippen molar-refractivity contribution in [3.63, 3.8) is 0 Å². The molecular formula is C13H17N3. The molecule has 0 spiro atoms. The zero-order chi connectivity index (χ0) is 11.0. The highest BCUT2D eigenvalue weighted by atomic mass is 14.9. The van der Waals surface area contributed by atoms with Crippen molar-refractivity contribution in [1.82, 2.24) is 14.9 Å². The van der Waals surface area contributed by atoms with E-state index in [2.05, 4.69) is 40.2 Å². The van der Waals surface area contributed by atoms with Crippen molar-refractivity contribution < 1.29 is 0 Å². The summed E-state index contributed by atoms with van der Waals surface area (Å²) in [6.45, 7) is 2.24. The van der Waals surface area contributed by atoms with Crippen LogP contribution in [0.5, 0.6) is 0 Å². The van der Waals surface area contributed by atoms with E-state index in [-0.39, 0.29) is 0 Å². The largest absolute Gasteiger partial charge is 0.350 e. The third-order valence-electron chi connectivity index (χ3n) is 3.57. The third-order valence-corrected chi connectivity index (χ3v) is 3.57. The fourth-order valence-electron chi connectivity index (χ4n) is 2.64. The normalized spacial score (nSPS) is 18.1. The molecule has 0 aliphatic carbocycles. The van der Waals surface area contributed by atoms with Crippen LogP contribution in [0, 0.1) is 0 Å². The Morgan fingerprint density at radius 1 is 1.31 bits per heavy atom. The quantitative estimate of drug-likeness (QED) is 0.789. The molecule has 0 unspecified atom stereocenters. The lowest BCUT2D eigenvalue weighted by atomic mass is 9.92. The molecular weight excluding hydrogens is 198 g/mol. The number of nitrogens with zero attached hydrogens (tertiary/aromatic N) is 2. The van der Waals surface area contributed by atoms with E-state index in [1.54, 1.807) is 0 Å². The molecule has 0 amide bonds. The summed E-state index contributed by atoms with van der Waals surface area (Å²) in [6.07, 6.45) is 6.48. The first-order valence-electron chi connectivity index (χ1n) is 5.97. The van der Waals surface area contributed by atoms with E-state index in [9.17, 15) is 0 Å². The molecule has 16 heavy (non-hydrogen) atoms. The Balaban J connectivity index is 2.08. The van der Waals surface area contributed by atoms with Crippen molar-refractivity contribution >= 4 is 10.9 Å². The second kappa shape index (κ2) is 3.91. The number of nitrogens with one attached hydrogen (secondary N) is 1. The Labute approximate surface area is 95.5 Å². The van der Waals surface area contributed by atoms with Crippen LogP contribution in [0.2, 0.25) is 0 Å². The van der Waals surface area contributed by atoms with Crippen molar-refractivity contribution in [3.8, 4) is 0 Å². The highest BCUT2D eigenvalue weighted by Gasteiger charge is 2.19. The van der Waals surface area contributed by atoms with Gasteiger partial charge in [-0.15, -0.1) is 0 Å². The summed E-state index contributed by atoms with van der Waals surface area (Å²) < 4.78 is 2.17. The molecule has 2 aromatic rings. The van der Waals surface area contributed by atoms with Gasteiger partial charge in [0.15, 0.2) is 0 Å². The maximum Gasteiger partial charge on any atom is 0.0529 e. The first kappa shape index (κ1) is 9.85. The van der Waals surface area contributed by atoms with E-state index in [0.29, 0.717) is 5.92 Å². The molecule has 0 radical (unpaired) electrons. The summed E-state index contributed by atoms with van der Waals surface area (Å²) in [6, 6.07) is 4.29. The summed E-state index contributed by atoms with van der Waals surface area (Å²) in [5, 5.41) is 4.74. The monoisotopic (exact) mass is 215 g/mol. The van der Waals surface area contributed by atoms with Gasteiger partial charge in [-0.1, -0.05) is 0 Å². The molecule has 1 saturated heterocycles. The van der Waals surface area contributed by atoms with E-state index in [0.717, 1.165) is 13.1 Å². The zero-order valence-electron chi connectivity index (χ0n) is 9.61. The minimum absolute atomic E-state index is 0.632. The van der Waals surface area contributed by atoms with E-state index < -0.39 is 0 Å². The molecule has 1 aliphatic heterocycles. The Morgan fingerprint density at radius 2 is 2.12 bits per heavy atom. The van der Waals surface area contributed by atoms with Gasteiger partial charge in [0.25, 0.3) is 0 Å². The number of fused-ring (bicyclic) bond motifs is 1. The molecule has 0 aromatic carbocycles. The number of aryl methyl sites for hydroxylation is 1. The summed E-state index contributed by atoms with van der Waals surface area (Å²) in [5.74, 6) is 0.632. The molecule has 3 heteroatoms. The Kier molecular flexibility index (Phi) is 2.40. The number of hydrogen-bond donors (Lipinski definition) is 1. The van der Waals surface area contributed by atoms with E-state index in [1.165, 1.54) is 29.4 Å². The van der Waals surface area contributed by atoms with Crippen molar-refractivity contribution in [2.75, 3.05) is 13.1 Å². The number of hydrogen-bond acceptors (Lipinski definition) is 2. The highest BCUT2D eigenvalue weighted by molar-refractivity contribution is 5.82. The van der Waals surface area contributed by atoms with Crippen LogP contribution in [0.25, 0.3) is 10.9 Å². The third kappa shape index (κ3) is 1.52. The van der Waals surface area contributed by atoms with Gasteiger partial charge in [0.1, 0.15) is 0 Å². The van der Waals surface area contributed by atoms with Crippen molar-refractivity contribution in [2.45, 2.75) is 18.8 Å². The molecule has 0 atom stereocenters. The van der Waals surface area contributed by atoms with Gasteiger partial charge in [-0.2, -0.15) is 0 Å². The highest BCUT2D eigenvalue weighted by Crippen LogP contribution is 2.29. The molecule has 2 aromatic heterocycles. The SMILES string of the molecule is Cn1ccc2c(C3CCNCC3)nccc21. The molecule has 1 N–H and O–H groups in total. The van der Waals surface area contributed by atoms with Crippen LogP contribution in [-0.4, -0.2) is 22.6 Å². The summed E-state index contributed by atoms with van der Waals surface area (Å²) in [4.78, 5) is 4.60. The zero-order valence-corrected chi connectivity index (χ0v) is 9.61. The van der Waals surface area contributed by atoms with Gasteiger partial charge in [0, 0.05) is 30.7 Å². The molecule has 0 bridgehead atoms. The molecule has 3 heterocycles. The van der Waals surface area contributed by atoms with Crippen LogP contribution in [0.3, 0.4) is 0 Å². The standard InChI is InChI=1S/C13H17N3/c1-16-9-5-11-12(16)4-8-15-13(11)10-2-6-14-7-3-10/h4-5,8-10,14H,2-3,6-7H2,1H3. The summed E-state index contributed by atoms with van der Waals surface area (Å²) >= 11 is 0. The average molecular weight is 215 g/mol. The lowest BCUT2D eigenvalue weighted by Gasteiger charge is -2.22. The van der Waals surface area contributed by atoms with Crippen LogP contribution >= 0.6 is 0 Å². The molecule has 1 fully saturated rings. The van der Waals surface area contributed by atoms with Gasteiger partial charge in [0.2, 0.25) is 0 Å². The van der Waals surface area contributed by atoms with E-state index in [1.807, 2.05) is 6.20 Å². The molecule has 1 aliphatic rings. The number of aromatic nitrogens is 2. The number of rotatable bonds is 1. The average Bonchev–Trinajstić information content (AvgIpc) is 2.73. The second-order valence-electron chi connectivity index (χ2n) is 4.58. The first-order chi connectivity index (χ1) is 7.86. The molecule has 84 valence electrons. The Bertz CT molecular complexity index is 495. The maximum absolute atomic E-state index is 4.60. The lowest BCUT2D eigenvalue weighted by molar-refractivity contribution is 0.455. The van der Waals surface area contributed by atoms with Crippen LogP contribution < -0.4 is 5.32 Å². The van der Waals surface area contributed by atoms with Crippen LogP contribution in [0.4, 0.5) is 0 Å². The minimum Gasteiger partial charge on any atom is -0.350 e. The van der Waals surface area contributed by atoms with E-state index >= 15 is 0 Å². The van der Waals surface area contributed by atoms with Crippen molar-refractivity contribution in [3.05, 3.63) is 30.2 Å². The predicted molar refractivity (Wildman–Crippen MR) is 65.6 cm³/mol. The summed E-state index contributed by atoms with van der Waals surface area (Å²) in [5.41, 5.74) is 2.59. The van der Waals surface area contributed by atoms with Gasteiger partial charge in [-0.05, 0) is 38.1 Å². The number of piperidine rings is 1. The fourth-order valence-corrected chi connectivity index (χ4v) is 2.64. The van der Waals surface area contributed by atoms with Crippen LogP contribution in [0.15, 0.2) is 24.5 Å². The summed E-state index contributed by atoms with van der Waals surface area (Å²) in [7, 11) is 2.09. The van der Waals surface area contributed by atoms with Gasteiger partial charge in [-0.25, -0.2) is 0 Å². The lowest BCUT2D eigenvalue weighted by Crippen LogP contribution is -2.27. The minimum atomic E-state index is 0.632. The van der Waals surface area contributed by atoms with Gasteiger partial charge in [0.05, 0.1) is 11.2 Å². The number of pyridine rings is 1. The predicted octanol–water partition coefficient (Wildman–Crippen LogP) is 2.04. The van der Waals surface area contributed by atoms with Gasteiger partial charge in [-0.3, -0.25) is 4.98 Å². The molecule has 3 nitrogen and oxygen atoms in total. The Hall–Kier alpha value is -1.35. The van der Waals surface area contributed by atoms with Crippen molar-refractivity contribution in [1.29, 1.82) is 0 Å². The van der Waals surface area contributed by atoms with Crippen LogP contribution in [0.1, 0.15) is 24.5 Å². The smallest absolute Gasteiger partial charge is 0.0529 e. The first-order valence-corrected chi connectivity index (χ1v) is 5.97. The maximum atomic E-state index is 4.60. The van der Waals surface area contributed by atoms with Gasteiger partial charge < -0.3 is 9.88 Å². The van der Waals surface area contributed by atoms with Crippen molar-refractivity contribution in [2.24, 2.45) is 7.05 Å². The van der Waals surface area contributed by atoms with Crippen LogP contribution in [-0.2, 0) is 7.05 Å².